The van der Waals surface area contributed by atoms with Crippen LogP contribution < -0.4 is 16.6 Å². The van der Waals surface area contributed by atoms with Gasteiger partial charge in [-0.2, -0.15) is 0 Å². The molecule has 0 spiro atoms. The van der Waals surface area contributed by atoms with E-state index in [0.717, 1.165) is 4.57 Å². The minimum Gasteiger partial charge on any atom is -0.346 e. The first-order chi connectivity index (χ1) is 10.4. The van der Waals surface area contributed by atoms with Crippen molar-refractivity contribution in [1.29, 1.82) is 0 Å². The smallest absolute Gasteiger partial charge is 0.331 e. The highest BCUT2D eigenvalue weighted by Crippen LogP contribution is 2.00. The Morgan fingerprint density at radius 3 is 2.64 bits per heavy atom. The molecule has 0 aliphatic rings. The molecule has 0 fully saturated rings. The monoisotopic (exact) mass is 305 g/mol. The fourth-order valence-electron chi connectivity index (χ4n) is 2.14. The van der Waals surface area contributed by atoms with Crippen LogP contribution in [0.3, 0.4) is 0 Å². The van der Waals surface area contributed by atoms with Crippen LogP contribution in [0.4, 0.5) is 0 Å². The van der Waals surface area contributed by atoms with Crippen molar-refractivity contribution >= 4 is 5.91 Å². The Balaban J connectivity index is 2.21. The van der Waals surface area contributed by atoms with Gasteiger partial charge in [-0.15, -0.1) is 0 Å². The van der Waals surface area contributed by atoms with Crippen molar-refractivity contribution in [1.82, 2.24) is 24.0 Å². The summed E-state index contributed by atoms with van der Waals surface area (Å²) in [5.74, 6) is -0.440. The first-order valence-corrected chi connectivity index (χ1v) is 6.97. The molecule has 0 saturated carbocycles. The predicted octanol–water partition coefficient (Wildman–Crippen LogP) is -0.511. The Morgan fingerprint density at radius 1 is 1.32 bits per heavy atom. The fourth-order valence-corrected chi connectivity index (χ4v) is 2.14. The zero-order chi connectivity index (χ0) is 16.3. The van der Waals surface area contributed by atoms with Gasteiger partial charge in [-0.25, -0.2) is 9.78 Å². The maximum atomic E-state index is 12.3. The zero-order valence-corrected chi connectivity index (χ0v) is 12.8. The number of nitrogens with one attached hydrogen (secondary N) is 1. The zero-order valence-electron chi connectivity index (χ0n) is 12.8. The highest BCUT2D eigenvalue weighted by molar-refractivity contribution is 5.92. The topological polar surface area (TPSA) is 90.9 Å². The van der Waals surface area contributed by atoms with Crippen molar-refractivity contribution in [3.05, 3.63) is 51.3 Å². The van der Waals surface area contributed by atoms with Gasteiger partial charge in [0.15, 0.2) is 0 Å². The summed E-state index contributed by atoms with van der Waals surface area (Å²) in [5.41, 5.74) is -0.978. The molecule has 0 aliphatic carbocycles. The quantitative estimate of drug-likeness (QED) is 0.805. The highest BCUT2D eigenvalue weighted by Gasteiger charge is 2.17. The summed E-state index contributed by atoms with van der Waals surface area (Å²) in [4.78, 5) is 39.8. The van der Waals surface area contributed by atoms with Crippen LogP contribution in [-0.2, 0) is 20.6 Å². The largest absolute Gasteiger partial charge is 0.346 e. The van der Waals surface area contributed by atoms with Gasteiger partial charge in [-0.05, 0) is 6.42 Å². The number of hydrogen-bond donors (Lipinski definition) is 1. The van der Waals surface area contributed by atoms with Crippen molar-refractivity contribution < 1.29 is 4.79 Å². The van der Waals surface area contributed by atoms with Gasteiger partial charge in [0.2, 0.25) is 0 Å². The molecule has 2 heterocycles. The van der Waals surface area contributed by atoms with Gasteiger partial charge in [0, 0.05) is 45.1 Å². The van der Waals surface area contributed by atoms with Gasteiger partial charge in [-0.3, -0.25) is 18.7 Å². The van der Waals surface area contributed by atoms with Gasteiger partial charge < -0.3 is 9.88 Å². The van der Waals surface area contributed by atoms with Crippen molar-refractivity contribution in [3.63, 3.8) is 0 Å². The van der Waals surface area contributed by atoms with E-state index in [4.69, 9.17) is 0 Å². The molecule has 2 aromatic rings. The second-order valence-corrected chi connectivity index (χ2v) is 5.11. The summed E-state index contributed by atoms with van der Waals surface area (Å²) >= 11 is 0. The number of amides is 1. The van der Waals surface area contributed by atoms with Crippen molar-refractivity contribution in [2.24, 2.45) is 14.1 Å². The maximum absolute atomic E-state index is 12.3. The lowest BCUT2D eigenvalue weighted by atomic mass is 10.2. The Kier molecular flexibility index (Phi) is 4.59. The lowest BCUT2D eigenvalue weighted by Crippen LogP contribution is -2.44. The van der Waals surface area contributed by atoms with Gasteiger partial charge >= 0.3 is 5.69 Å². The average molecular weight is 305 g/mol. The van der Waals surface area contributed by atoms with E-state index in [9.17, 15) is 14.4 Å². The van der Waals surface area contributed by atoms with E-state index in [1.807, 2.05) is 17.7 Å². The summed E-state index contributed by atoms with van der Waals surface area (Å²) in [5, 5.41) is 2.84. The summed E-state index contributed by atoms with van der Waals surface area (Å²) in [6, 6.07) is 1.04. The molecule has 0 radical (unpaired) electrons. The highest BCUT2D eigenvalue weighted by atomic mass is 16.2. The summed E-state index contributed by atoms with van der Waals surface area (Å²) in [6.45, 7) is 2.52. The van der Waals surface area contributed by atoms with E-state index in [1.165, 1.54) is 24.7 Å². The molecule has 0 saturated heterocycles. The number of carbonyl (C=O) groups excluding carboxylic acids is 1. The van der Waals surface area contributed by atoms with Crippen molar-refractivity contribution in [2.45, 2.75) is 25.9 Å². The normalized spacial score (nSPS) is 12.1. The Morgan fingerprint density at radius 2 is 2.05 bits per heavy atom. The third-order valence-corrected chi connectivity index (χ3v) is 3.58. The van der Waals surface area contributed by atoms with Crippen LogP contribution >= 0.6 is 0 Å². The molecule has 22 heavy (non-hydrogen) atoms. The molecule has 8 nitrogen and oxygen atoms in total. The van der Waals surface area contributed by atoms with Crippen LogP contribution in [0.15, 0.2) is 34.4 Å². The Hall–Kier alpha value is -2.64. The first kappa shape index (κ1) is 15.7. The molecule has 0 bridgehead atoms. The third kappa shape index (κ3) is 3.16. The van der Waals surface area contributed by atoms with Gasteiger partial charge in [0.05, 0.1) is 6.33 Å². The maximum Gasteiger partial charge on any atom is 0.331 e. The lowest BCUT2D eigenvalue weighted by Gasteiger charge is -2.18. The fraction of sp³-hybridized carbons (Fsp3) is 0.429. The van der Waals surface area contributed by atoms with Crippen molar-refractivity contribution in [3.8, 4) is 0 Å². The minimum absolute atomic E-state index is 0.0529. The lowest BCUT2D eigenvalue weighted by molar-refractivity contribution is 0.0921. The number of hydrogen-bond acceptors (Lipinski definition) is 4. The molecule has 1 amide bonds. The number of aromatic nitrogens is 4. The van der Waals surface area contributed by atoms with Crippen LogP contribution in [0, 0.1) is 0 Å². The summed E-state index contributed by atoms with van der Waals surface area (Å²) in [6.07, 6.45) is 5.85. The molecule has 0 aromatic carbocycles. The van der Waals surface area contributed by atoms with Gasteiger partial charge in [0.25, 0.3) is 11.5 Å². The van der Waals surface area contributed by atoms with Crippen LogP contribution in [0.25, 0.3) is 0 Å². The molecular weight excluding hydrogens is 286 g/mol. The first-order valence-electron chi connectivity index (χ1n) is 6.97. The van der Waals surface area contributed by atoms with Crippen LogP contribution in [0.2, 0.25) is 0 Å². The van der Waals surface area contributed by atoms with E-state index in [0.29, 0.717) is 13.0 Å². The van der Waals surface area contributed by atoms with Crippen LogP contribution in [-0.4, -0.2) is 30.6 Å². The van der Waals surface area contributed by atoms with E-state index >= 15 is 0 Å². The van der Waals surface area contributed by atoms with E-state index in [1.54, 1.807) is 12.5 Å². The number of carbonyl (C=O) groups is 1. The van der Waals surface area contributed by atoms with E-state index in [-0.39, 0.29) is 11.7 Å². The van der Waals surface area contributed by atoms with Gasteiger partial charge in [-0.1, -0.05) is 6.92 Å². The molecular formula is C14H19N5O3. The molecule has 0 aliphatic heterocycles. The number of imidazole rings is 1. The average Bonchev–Trinajstić information content (AvgIpc) is 3.00. The molecule has 2 aromatic heterocycles. The summed E-state index contributed by atoms with van der Waals surface area (Å²) in [7, 11) is 2.84. The SMILES string of the molecule is CCC(Cn1ccnc1)NC(=O)c1cc(=O)n(C)c(=O)n1C. The predicted molar refractivity (Wildman–Crippen MR) is 80.7 cm³/mol. The van der Waals surface area contributed by atoms with Crippen LogP contribution in [0.1, 0.15) is 23.8 Å². The molecule has 1 N–H and O–H groups in total. The minimum atomic E-state index is -0.527. The Labute approximate surface area is 127 Å². The molecule has 1 atom stereocenters. The summed E-state index contributed by atoms with van der Waals surface area (Å²) < 4.78 is 3.98. The van der Waals surface area contributed by atoms with Gasteiger partial charge in [0.1, 0.15) is 5.69 Å². The second-order valence-electron chi connectivity index (χ2n) is 5.11. The van der Waals surface area contributed by atoms with E-state index < -0.39 is 17.2 Å². The number of nitrogens with zero attached hydrogens (tertiary/aromatic N) is 4. The van der Waals surface area contributed by atoms with Crippen LogP contribution in [0.5, 0.6) is 0 Å². The third-order valence-electron chi connectivity index (χ3n) is 3.58. The Bertz CT molecular complexity index is 773. The standard InChI is InChI=1S/C14H19N5O3/c1-4-10(8-19-6-5-15-9-19)16-13(21)11-7-12(20)18(3)14(22)17(11)2/h5-7,9-10H,4,8H2,1-3H3,(H,16,21). The molecule has 1 unspecified atom stereocenters. The molecule has 8 heteroatoms. The number of rotatable bonds is 5. The molecule has 118 valence electrons. The molecule has 2 rings (SSSR count). The van der Waals surface area contributed by atoms with Crippen molar-refractivity contribution in [2.75, 3.05) is 0 Å². The second kappa shape index (κ2) is 6.42. The van der Waals surface area contributed by atoms with E-state index in [2.05, 4.69) is 10.3 Å².